The van der Waals surface area contributed by atoms with E-state index in [1.54, 1.807) is 10.9 Å². The minimum atomic E-state index is -0.000498. The zero-order chi connectivity index (χ0) is 18.1. The molecule has 1 N–H and O–H groups in total. The van der Waals surface area contributed by atoms with Crippen LogP contribution in [0.1, 0.15) is 17.7 Å². The zero-order valence-electron chi connectivity index (χ0n) is 14.7. The van der Waals surface area contributed by atoms with Gasteiger partial charge in [-0.05, 0) is 37.5 Å². The average Bonchev–Trinajstić information content (AvgIpc) is 3.04. The Morgan fingerprint density at radius 3 is 2.77 bits per heavy atom. The summed E-state index contributed by atoms with van der Waals surface area (Å²) in [7, 11) is 0. The fourth-order valence-corrected chi connectivity index (χ4v) is 3.98. The van der Waals surface area contributed by atoms with E-state index in [0.717, 1.165) is 56.7 Å². The van der Waals surface area contributed by atoms with Crippen LogP contribution in [0.5, 0.6) is 0 Å². The maximum absolute atomic E-state index is 12.8. The van der Waals surface area contributed by atoms with Gasteiger partial charge in [0.2, 0.25) is 5.91 Å². The van der Waals surface area contributed by atoms with Crippen molar-refractivity contribution in [2.45, 2.75) is 25.3 Å². The summed E-state index contributed by atoms with van der Waals surface area (Å²) in [4.78, 5) is 33.1. The maximum atomic E-state index is 12.8. The molecule has 4 rings (SSSR count). The molecule has 1 atom stereocenters. The second-order valence-electron chi connectivity index (χ2n) is 6.86. The molecule has 0 spiro atoms. The summed E-state index contributed by atoms with van der Waals surface area (Å²) in [5.74, 6) is 0.625. The molecule has 0 aromatic carbocycles. The first-order valence-corrected chi connectivity index (χ1v) is 9.07. The van der Waals surface area contributed by atoms with E-state index in [9.17, 15) is 9.59 Å². The van der Waals surface area contributed by atoms with Gasteiger partial charge in [-0.25, -0.2) is 9.67 Å². The molecule has 7 nitrogen and oxygen atoms in total. The monoisotopic (exact) mass is 353 g/mol. The molecule has 1 fully saturated rings. The number of hydrogen-bond donors (Lipinski definition) is 1. The largest absolute Gasteiger partial charge is 0.337 e. The third-order valence-electron chi connectivity index (χ3n) is 5.43. The number of piperazine rings is 1. The van der Waals surface area contributed by atoms with E-state index in [-0.39, 0.29) is 11.5 Å². The van der Waals surface area contributed by atoms with E-state index in [1.165, 1.54) is 6.08 Å². The lowest BCUT2D eigenvalue weighted by atomic mass is 9.92. The third kappa shape index (κ3) is 2.99. The molecule has 1 aliphatic carbocycles. The van der Waals surface area contributed by atoms with Crippen LogP contribution in [0, 0.1) is 0 Å². The fourth-order valence-electron chi connectivity index (χ4n) is 3.98. The number of nitrogens with one attached hydrogen (secondary N) is 1. The van der Waals surface area contributed by atoms with Crippen molar-refractivity contribution >= 4 is 5.91 Å². The van der Waals surface area contributed by atoms with E-state index < -0.39 is 0 Å². The van der Waals surface area contributed by atoms with Gasteiger partial charge in [-0.1, -0.05) is 12.6 Å². The summed E-state index contributed by atoms with van der Waals surface area (Å²) in [5.41, 5.74) is 1.90. The second-order valence-corrected chi connectivity index (χ2v) is 6.86. The molecule has 1 aliphatic heterocycles. The minimum absolute atomic E-state index is 0.000498. The van der Waals surface area contributed by atoms with Crippen LogP contribution in [0.4, 0.5) is 0 Å². The van der Waals surface area contributed by atoms with Crippen LogP contribution >= 0.6 is 0 Å². The molecule has 2 aromatic rings. The van der Waals surface area contributed by atoms with Crippen molar-refractivity contribution in [2.75, 3.05) is 26.2 Å². The normalized spacial score (nSPS) is 20.6. The minimum Gasteiger partial charge on any atom is -0.337 e. The molecular weight excluding hydrogens is 330 g/mol. The van der Waals surface area contributed by atoms with Crippen LogP contribution in [0.15, 0.2) is 41.8 Å². The molecule has 3 heterocycles. The highest BCUT2D eigenvalue weighted by atomic mass is 16.2. The number of hydrogen-bond acceptors (Lipinski definition) is 4. The Morgan fingerprint density at radius 2 is 2.08 bits per heavy atom. The van der Waals surface area contributed by atoms with Gasteiger partial charge in [-0.3, -0.25) is 19.6 Å². The average molecular weight is 353 g/mol. The van der Waals surface area contributed by atoms with Crippen LogP contribution < -0.4 is 5.56 Å². The predicted molar refractivity (Wildman–Crippen MR) is 98.3 cm³/mol. The molecule has 26 heavy (non-hydrogen) atoms. The maximum Gasteiger partial charge on any atom is 0.276 e. The van der Waals surface area contributed by atoms with Crippen molar-refractivity contribution in [3.8, 4) is 5.82 Å². The lowest BCUT2D eigenvalue weighted by Gasteiger charge is -2.40. The van der Waals surface area contributed by atoms with Gasteiger partial charge >= 0.3 is 0 Å². The molecule has 136 valence electrons. The van der Waals surface area contributed by atoms with Crippen LogP contribution in [0.25, 0.3) is 5.82 Å². The smallest absolute Gasteiger partial charge is 0.276 e. The van der Waals surface area contributed by atoms with Gasteiger partial charge in [0.05, 0.1) is 0 Å². The van der Waals surface area contributed by atoms with Gasteiger partial charge in [0.15, 0.2) is 5.82 Å². The number of amides is 1. The Bertz CT molecular complexity index is 862. The van der Waals surface area contributed by atoms with Gasteiger partial charge < -0.3 is 4.90 Å². The first-order chi connectivity index (χ1) is 12.7. The summed E-state index contributed by atoms with van der Waals surface area (Å²) in [5, 5.41) is 3.23. The number of aryl methyl sites for hydroxylation is 1. The number of nitrogens with zero attached hydrogens (tertiary/aromatic N) is 4. The van der Waals surface area contributed by atoms with Crippen molar-refractivity contribution in [1.82, 2.24) is 24.6 Å². The van der Waals surface area contributed by atoms with Gasteiger partial charge in [-0.15, -0.1) is 0 Å². The summed E-state index contributed by atoms with van der Waals surface area (Å²) < 4.78 is 1.55. The van der Waals surface area contributed by atoms with Gasteiger partial charge in [-0.2, -0.15) is 0 Å². The Morgan fingerprint density at radius 1 is 1.27 bits per heavy atom. The lowest BCUT2D eigenvalue weighted by Crippen LogP contribution is -2.53. The molecule has 1 unspecified atom stereocenters. The SMILES string of the molecule is C=CC(=O)N1CCN(C2CCc3[nH]n(-c4ccccn4)c(=O)c3C2)CC1. The summed E-state index contributed by atoms with van der Waals surface area (Å²) in [6.45, 7) is 6.69. The van der Waals surface area contributed by atoms with Crippen LogP contribution in [0.3, 0.4) is 0 Å². The standard InChI is InChI=1S/C19H23N5O2/c1-2-18(25)23-11-9-22(10-12-23)14-6-7-16-15(13-14)19(26)24(21-16)17-5-3-4-8-20-17/h2-5,8,14,21H,1,6-7,9-13H2. The van der Waals surface area contributed by atoms with E-state index >= 15 is 0 Å². The van der Waals surface area contributed by atoms with Crippen LogP contribution in [-0.2, 0) is 17.6 Å². The van der Waals surface area contributed by atoms with Crippen molar-refractivity contribution in [1.29, 1.82) is 0 Å². The molecule has 0 radical (unpaired) electrons. The van der Waals surface area contributed by atoms with Crippen molar-refractivity contribution in [3.63, 3.8) is 0 Å². The van der Waals surface area contributed by atoms with Gasteiger partial charge in [0, 0.05) is 49.7 Å². The highest BCUT2D eigenvalue weighted by molar-refractivity contribution is 5.87. The quantitative estimate of drug-likeness (QED) is 0.827. The Balaban J connectivity index is 1.49. The van der Waals surface area contributed by atoms with E-state index in [0.29, 0.717) is 11.9 Å². The van der Waals surface area contributed by atoms with E-state index in [4.69, 9.17) is 0 Å². The number of carbonyl (C=O) groups excluding carboxylic acids is 1. The fraction of sp³-hybridized carbons (Fsp3) is 0.421. The summed E-state index contributed by atoms with van der Waals surface area (Å²) in [6.07, 6.45) is 5.70. The van der Waals surface area contributed by atoms with Crippen LogP contribution in [-0.4, -0.2) is 62.7 Å². The number of pyridine rings is 1. The number of carbonyl (C=O) groups is 1. The molecule has 1 saturated heterocycles. The molecule has 1 amide bonds. The third-order valence-corrected chi connectivity index (χ3v) is 5.43. The first-order valence-electron chi connectivity index (χ1n) is 9.07. The molecule has 0 bridgehead atoms. The number of aromatic amines is 1. The Hall–Kier alpha value is -2.67. The number of H-pyrrole nitrogens is 1. The van der Waals surface area contributed by atoms with Crippen molar-refractivity contribution < 1.29 is 4.79 Å². The molecular formula is C19H23N5O2. The van der Waals surface area contributed by atoms with Crippen molar-refractivity contribution in [2.24, 2.45) is 0 Å². The highest BCUT2D eigenvalue weighted by Crippen LogP contribution is 2.23. The van der Waals surface area contributed by atoms with E-state index in [2.05, 4.69) is 21.6 Å². The van der Waals surface area contributed by atoms with E-state index in [1.807, 2.05) is 23.1 Å². The zero-order valence-corrected chi connectivity index (χ0v) is 14.7. The Kier molecular flexibility index (Phi) is 4.46. The predicted octanol–water partition coefficient (Wildman–Crippen LogP) is 0.748. The topological polar surface area (TPSA) is 74.2 Å². The molecule has 2 aromatic heterocycles. The molecule has 0 saturated carbocycles. The van der Waals surface area contributed by atoms with Gasteiger partial charge in [0.25, 0.3) is 5.56 Å². The van der Waals surface area contributed by atoms with Crippen molar-refractivity contribution in [3.05, 3.63) is 58.7 Å². The summed E-state index contributed by atoms with van der Waals surface area (Å²) >= 11 is 0. The highest BCUT2D eigenvalue weighted by Gasteiger charge is 2.31. The Labute approximate surface area is 151 Å². The summed E-state index contributed by atoms with van der Waals surface area (Å²) in [6, 6.07) is 5.89. The first kappa shape index (κ1) is 16.8. The van der Waals surface area contributed by atoms with Gasteiger partial charge in [0.1, 0.15) is 0 Å². The number of aromatic nitrogens is 3. The number of fused-ring (bicyclic) bond motifs is 1. The second kappa shape index (κ2) is 6.92. The van der Waals surface area contributed by atoms with Crippen LogP contribution in [0.2, 0.25) is 0 Å². The molecule has 7 heteroatoms. The lowest BCUT2D eigenvalue weighted by molar-refractivity contribution is -0.128. The molecule has 2 aliphatic rings. The number of rotatable bonds is 3.